The van der Waals surface area contributed by atoms with Crippen molar-refractivity contribution in [1.82, 2.24) is 19.9 Å². The van der Waals surface area contributed by atoms with Crippen LogP contribution in [0.4, 0.5) is 5.69 Å². The van der Waals surface area contributed by atoms with E-state index in [1.54, 1.807) is 42.0 Å². The maximum atomic E-state index is 14.4. The molecule has 0 aliphatic rings. The first kappa shape index (κ1) is 31.1. The van der Waals surface area contributed by atoms with E-state index in [-0.39, 0.29) is 19.0 Å². The molecule has 0 aliphatic heterocycles. The summed E-state index contributed by atoms with van der Waals surface area (Å²) in [4.78, 5) is 30.3. The van der Waals surface area contributed by atoms with Gasteiger partial charge >= 0.3 is 0 Å². The van der Waals surface area contributed by atoms with E-state index in [1.807, 2.05) is 72.8 Å². The fraction of sp³-hybridized carbons (Fsp3) is 0.257. The Bertz CT molecular complexity index is 1770. The van der Waals surface area contributed by atoms with Gasteiger partial charge in [-0.1, -0.05) is 67.6 Å². The van der Waals surface area contributed by atoms with Crippen molar-refractivity contribution in [2.75, 3.05) is 26.6 Å². The molecular weight excluding hydrogens is 570 g/mol. The van der Waals surface area contributed by atoms with Crippen LogP contribution in [0, 0.1) is 0 Å². The molecule has 0 bridgehead atoms. The van der Waals surface area contributed by atoms with Gasteiger partial charge in [0.25, 0.3) is 5.91 Å². The predicted molar refractivity (Wildman–Crippen MR) is 173 cm³/mol. The number of fused-ring (bicyclic) bond motifs is 1. The van der Waals surface area contributed by atoms with Gasteiger partial charge in [-0.15, -0.1) is 5.10 Å². The number of nitrogens with one attached hydrogen (secondary N) is 1. The summed E-state index contributed by atoms with van der Waals surface area (Å²) in [5.41, 5.74) is 4.46. The third-order valence-electron chi connectivity index (χ3n) is 7.68. The maximum Gasteiger partial charge on any atom is 0.251 e. The molecule has 0 spiro atoms. The molecule has 232 valence electrons. The predicted octanol–water partition coefficient (Wildman–Crippen LogP) is 5.99. The highest BCUT2D eigenvalue weighted by molar-refractivity contribution is 5.99. The number of hydrogen-bond donors (Lipinski definition) is 1. The van der Waals surface area contributed by atoms with Gasteiger partial charge in [0.1, 0.15) is 35.4 Å². The van der Waals surface area contributed by atoms with E-state index in [4.69, 9.17) is 14.2 Å². The number of para-hydroxylation sites is 1. The molecule has 0 saturated heterocycles. The molecule has 1 aromatic heterocycles. The maximum absolute atomic E-state index is 14.4. The van der Waals surface area contributed by atoms with Crippen molar-refractivity contribution >= 4 is 28.5 Å². The van der Waals surface area contributed by atoms with Crippen LogP contribution in [0.3, 0.4) is 0 Å². The summed E-state index contributed by atoms with van der Waals surface area (Å²) in [6.45, 7) is 4.25. The Morgan fingerprint density at radius 2 is 1.49 bits per heavy atom. The summed E-state index contributed by atoms with van der Waals surface area (Å²) in [6, 6.07) is 26.8. The number of rotatable bonds is 12. The van der Waals surface area contributed by atoms with Gasteiger partial charge < -0.3 is 24.4 Å². The number of hydrogen-bond acceptors (Lipinski definition) is 7. The lowest BCUT2D eigenvalue weighted by Crippen LogP contribution is -2.42. The quantitative estimate of drug-likeness (QED) is 0.186. The van der Waals surface area contributed by atoms with E-state index >= 15 is 0 Å². The normalized spacial score (nSPS) is 11.7. The average molecular weight is 608 g/mol. The lowest BCUT2D eigenvalue weighted by atomic mass is 9.97. The van der Waals surface area contributed by atoms with Crippen molar-refractivity contribution in [3.8, 4) is 17.2 Å². The smallest absolute Gasteiger partial charge is 0.251 e. The number of carbonyl (C=O) groups is 2. The van der Waals surface area contributed by atoms with E-state index in [0.29, 0.717) is 39.9 Å². The van der Waals surface area contributed by atoms with E-state index in [9.17, 15) is 9.59 Å². The van der Waals surface area contributed by atoms with Crippen LogP contribution >= 0.6 is 0 Å². The van der Waals surface area contributed by atoms with Gasteiger partial charge in [-0.25, -0.2) is 4.68 Å². The standard InChI is InChI=1S/C35H37N5O5/c1-23(2)25-12-14-26(15-13-25)34(35(42)36-30-19-18-28(44-4)20-32(30)45-5)39(21-24-10-16-27(43-3)17-11-24)33(41)22-40-31-9-7-6-8-29(31)37-38-40/h6-20,23,34H,21-22H2,1-5H3,(H,36,42). The number of benzene rings is 4. The summed E-state index contributed by atoms with van der Waals surface area (Å²) in [7, 11) is 4.68. The second-order valence-electron chi connectivity index (χ2n) is 10.9. The number of nitrogens with zero attached hydrogens (tertiary/aromatic N) is 4. The largest absolute Gasteiger partial charge is 0.497 e. The van der Waals surface area contributed by atoms with Crippen molar-refractivity contribution < 1.29 is 23.8 Å². The summed E-state index contributed by atoms with van der Waals surface area (Å²) in [6.07, 6.45) is 0. The Morgan fingerprint density at radius 1 is 0.822 bits per heavy atom. The van der Waals surface area contributed by atoms with E-state index in [0.717, 1.165) is 16.6 Å². The summed E-state index contributed by atoms with van der Waals surface area (Å²) < 4.78 is 17.8. The first-order chi connectivity index (χ1) is 21.8. The van der Waals surface area contributed by atoms with Crippen LogP contribution in [0.2, 0.25) is 0 Å². The monoisotopic (exact) mass is 607 g/mol. The van der Waals surface area contributed by atoms with Crippen LogP contribution < -0.4 is 19.5 Å². The molecule has 5 aromatic rings. The minimum Gasteiger partial charge on any atom is -0.497 e. The van der Waals surface area contributed by atoms with Crippen molar-refractivity contribution in [2.24, 2.45) is 0 Å². The molecule has 4 aromatic carbocycles. The number of ether oxygens (including phenoxy) is 3. The lowest BCUT2D eigenvalue weighted by molar-refractivity contribution is -0.140. The molecule has 10 heteroatoms. The molecule has 2 amide bonds. The van der Waals surface area contributed by atoms with Gasteiger partial charge in [-0.3, -0.25) is 9.59 Å². The zero-order chi connectivity index (χ0) is 31.9. The molecule has 5 rings (SSSR count). The molecule has 45 heavy (non-hydrogen) atoms. The second-order valence-corrected chi connectivity index (χ2v) is 10.9. The van der Waals surface area contributed by atoms with Crippen molar-refractivity contribution in [3.05, 3.63) is 108 Å². The number of amides is 2. The van der Waals surface area contributed by atoms with Crippen LogP contribution in [0.25, 0.3) is 11.0 Å². The molecule has 0 fully saturated rings. The Labute approximate surface area is 262 Å². The Kier molecular flexibility index (Phi) is 9.62. The van der Waals surface area contributed by atoms with Crippen molar-refractivity contribution in [3.63, 3.8) is 0 Å². The summed E-state index contributed by atoms with van der Waals surface area (Å²) >= 11 is 0. The fourth-order valence-corrected chi connectivity index (χ4v) is 5.14. The van der Waals surface area contributed by atoms with Gasteiger partial charge in [0.15, 0.2) is 0 Å². The Balaban J connectivity index is 1.58. The van der Waals surface area contributed by atoms with Crippen molar-refractivity contribution in [2.45, 2.75) is 38.9 Å². The summed E-state index contributed by atoms with van der Waals surface area (Å²) in [5.74, 6) is 1.29. The van der Waals surface area contributed by atoms with E-state index < -0.39 is 11.9 Å². The molecule has 1 unspecified atom stereocenters. The molecule has 0 radical (unpaired) electrons. The topological polar surface area (TPSA) is 108 Å². The van der Waals surface area contributed by atoms with Crippen LogP contribution in [-0.4, -0.2) is 53.0 Å². The second kappa shape index (κ2) is 13.9. The van der Waals surface area contributed by atoms with Crippen LogP contribution in [0.15, 0.2) is 91.0 Å². The van der Waals surface area contributed by atoms with Gasteiger partial charge in [-0.2, -0.15) is 0 Å². The molecule has 1 N–H and O–H groups in total. The van der Waals surface area contributed by atoms with Gasteiger partial charge in [0, 0.05) is 12.6 Å². The highest BCUT2D eigenvalue weighted by Gasteiger charge is 2.33. The highest BCUT2D eigenvalue weighted by Crippen LogP contribution is 2.32. The Hall–Kier alpha value is -5.38. The molecule has 1 heterocycles. The van der Waals surface area contributed by atoms with E-state index in [2.05, 4.69) is 29.5 Å². The fourth-order valence-electron chi connectivity index (χ4n) is 5.14. The van der Waals surface area contributed by atoms with Crippen LogP contribution in [0.5, 0.6) is 17.2 Å². The molecule has 10 nitrogen and oxygen atoms in total. The molecule has 0 saturated carbocycles. The number of anilines is 1. The number of carbonyl (C=O) groups excluding carboxylic acids is 2. The zero-order valence-corrected chi connectivity index (χ0v) is 26.1. The lowest BCUT2D eigenvalue weighted by Gasteiger charge is -2.32. The third kappa shape index (κ3) is 7.06. The Morgan fingerprint density at radius 3 is 2.16 bits per heavy atom. The first-order valence-corrected chi connectivity index (χ1v) is 14.6. The average Bonchev–Trinajstić information content (AvgIpc) is 3.47. The molecule has 1 atom stereocenters. The van der Waals surface area contributed by atoms with Crippen LogP contribution in [0.1, 0.15) is 42.5 Å². The van der Waals surface area contributed by atoms with Gasteiger partial charge in [-0.05, 0) is 59.0 Å². The number of methoxy groups -OCH3 is 3. The van der Waals surface area contributed by atoms with E-state index in [1.165, 1.54) is 7.11 Å². The number of aromatic nitrogens is 3. The first-order valence-electron chi connectivity index (χ1n) is 14.6. The third-order valence-corrected chi connectivity index (χ3v) is 7.68. The molecule has 0 aliphatic carbocycles. The highest BCUT2D eigenvalue weighted by atomic mass is 16.5. The molecular formula is C35H37N5O5. The van der Waals surface area contributed by atoms with Crippen molar-refractivity contribution in [1.29, 1.82) is 0 Å². The van der Waals surface area contributed by atoms with Gasteiger partial charge in [0.05, 0.1) is 32.5 Å². The zero-order valence-electron chi connectivity index (χ0n) is 26.1. The minimum absolute atomic E-state index is 0.115. The summed E-state index contributed by atoms with van der Waals surface area (Å²) in [5, 5.41) is 11.5. The van der Waals surface area contributed by atoms with Gasteiger partial charge in [0.2, 0.25) is 5.91 Å². The SMILES string of the molecule is COc1ccc(CN(C(=O)Cn2nnc3ccccc32)C(C(=O)Nc2ccc(OC)cc2OC)c2ccc(C(C)C)cc2)cc1. The van der Waals surface area contributed by atoms with Crippen LogP contribution in [-0.2, 0) is 22.7 Å². The minimum atomic E-state index is -0.998.